The van der Waals surface area contributed by atoms with Crippen LogP contribution >= 0.6 is 0 Å². The fraction of sp³-hybridized carbons (Fsp3) is 0.391. The van der Waals surface area contributed by atoms with Crippen molar-refractivity contribution in [1.82, 2.24) is 0 Å². The first-order chi connectivity index (χ1) is 12.1. The molecule has 28 heavy (non-hydrogen) atoms. The summed E-state index contributed by atoms with van der Waals surface area (Å²) in [5.41, 5.74) is 2.85. The topological polar surface area (TPSA) is 65.2 Å². The zero-order valence-corrected chi connectivity index (χ0v) is 18.7. The zero-order chi connectivity index (χ0) is 19.2. The third-order valence-electron chi connectivity index (χ3n) is 3.20. The van der Waals surface area contributed by atoms with Crippen molar-refractivity contribution < 1.29 is 31.3 Å². The van der Waals surface area contributed by atoms with E-state index in [1.807, 2.05) is 65.8 Å². The van der Waals surface area contributed by atoms with E-state index in [2.05, 4.69) is 9.98 Å². The molecular weight excluding hydrogens is 531 g/mol. The van der Waals surface area contributed by atoms with Crippen molar-refractivity contribution in [2.45, 2.75) is 56.4 Å². The van der Waals surface area contributed by atoms with Crippen molar-refractivity contribution in [2.75, 3.05) is 6.67 Å². The van der Waals surface area contributed by atoms with Gasteiger partial charge in [0.25, 0.3) is 0 Å². The van der Waals surface area contributed by atoms with E-state index in [9.17, 15) is 10.2 Å². The van der Waals surface area contributed by atoms with Gasteiger partial charge in [-0.25, -0.2) is 0 Å². The van der Waals surface area contributed by atoms with E-state index in [-0.39, 0.29) is 54.1 Å². The van der Waals surface area contributed by atoms with Crippen LogP contribution in [0.5, 0.6) is 11.5 Å². The van der Waals surface area contributed by atoms with E-state index in [0.29, 0.717) is 11.1 Å². The molecule has 4 nitrogen and oxygen atoms in total. The van der Waals surface area contributed by atoms with E-state index >= 15 is 0 Å². The molecule has 2 aromatic carbocycles. The van der Waals surface area contributed by atoms with Crippen LogP contribution in [0.1, 0.15) is 67.5 Å². The Labute approximate surface area is 186 Å². The van der Waals surface area contributed by atoms with Gasteiger partial charge in [0.05, 0.1) is 0 Å². The van der Waals surface area contributed by atoms with E-state index in [0.717, 1.165) is 11.4 Å². The number of rotatable bonds is 4. The summed E-state index contributed by atoms with van der Waals surface area (Å²) in [5.74, 6) is 0.417. The van der Waals surface area contributed by atoms with Crippen LogP contribution in [0.25, 0.3) is 0 Å². The Morgan fingerprint density at radius 2 is 0.964 bits per heavy atom. The van der Waals surface area contributed by atoms with Gasteiger partial charge in [-0.1, -0.05) is 66.8 Å². The molecule has 0 spiro atoms. The number of benzene rings is 2. The first-order valence-corrected chi connectivity index (χ1v) is 8.68. The molecule has 5 heteroatoms. The summed E-state index contributed by atoms with van der Waals surface area (Å²) in [6, 6.07) is 14.1. The van der Waals surface area contributed by atoms with Gasteiger partial charge in [0.1, 0.15) is 18.2 Å². The summed E-state index contributed by atoms with van der Waals surface area (Å²) in [5, 5.41) is 19.5. The molecule has 0 aliphatic rings. The van der Waals surface area contributed by atoms with Crippen LogP contribution < -0.4 is 0 Å². The van der Waals surface area contributed by atoms with E-state index < -0.39 is 0 Å². The maximum atomic E-state index is 9.75. The first kappa shape index (κ1) is 33.6. The molecule has 0 heterocycles. The van der Waals surface area contributed by atoms with Crippen LogP contribution in [0, 0.1) is 0 Å². The molecule has 0 aromatic heterocycles. The van der Waals surface area contributed by atoms with E-state index in [1.165, 1.54) is 0 Å². The smallest absolute Gasteiger partial charge is 0.129 e. The summed E-state index contributed by atoms with van der Waals surface area (Å²) in [6.45, 7) is 11.9. The number of hydrogen-bond acceptors (Lipinski definition) is 4. The number of aliphatic imine (C=N–C) groups is 2. The molecule has 0 radical (unpaired) electrons. The van der Waals surface area contributed by atoms with Crippen LogP contribution in [-0.4, -0.2) is 28.3 Å². The van der Waals surface area contributed by atoms with Crippen molar-refractivity contribution in [1.29, 1.82) is 0 Å². The number of nitrogens with zero attached hydrogens (tertiary/aromatic N) is 2. The molecule has 0 unspecified atom stereocenters. The fourth-order valence-corrected chi connectivity index (χ4v) is 1.98. The summed E-state index contributed by atoms with van der Waals surface area (Å²) in [7, 11) is 0. The minimum absolute atomic E-state index is 0. The quantitative estimate of drug-likeness (QED) is 0.403. The third-order valence-corrected chi connectivity index (χ3v) is 3.20. The standard InChI is InChI=1S/C17H18N2O2.2C2H6.2CH4.Pt/c1-12(14-7-3-5-9-16(14)20)18-11-19-13(2)15-8-4-6-10-17(15)21;2*1-2;;;/h3-10,20-21H,11H2,1-2H3;2*1-2H3;2*1H4;. The van der Waals surface area contributed by atoms with Gasteiger partial charge in [0, 0.05) is 43.6 Å². The number of phenolic OH excluding ortho intramolecular Hbond substituents is 2. The number of phenols is 2. The van der Waals surface area contributed by atoms with Crippen LogP contribution in [-0.2, 0) is 21.1 Å². The Morgan fingerprint density at radius 3 is 1.25 bits per heavy atom. The molecule has 0 fully saturated rings. The van der Waals surface area contributed by atoms with Gasteiger partial charge in [-0.15, -0.1) is 0 Å². The van der Waals surface area contributed by atoms with Gasteiger partial charge in [-0.2, -0.15) is 0 Å². The summed E-state index contributed by atoms with van der Waals surface area (Å²) in [6.07, 6.45) is 0. The Bertz CT molecular complexity index is 639. The average Bonchev–Trinajstić information content (AvgIpc) is 2.65. The molecule has 0 saturated carbocycles. The minimum Gasteiger partial charge on any atom is -0.507 e. The molecule has 2 aromatic rings. The van der Waals surface area contributed by atoms with Gasteiger partial charge in [0.15, 0.2) is 0 Å². The maximum Gasteiger partial charge on any atom is 0.129 e. The maximum absolute atomic E-state index is 9.75. The first-order valence-electron chi connectivity index (χ1n) is 8.68. The number of para-hydroxylation sites is 2. The molecule has 0 aliphatic carbocycles. The second-order valence-corrected chi connectivity index (χ2v) is 4.66. The predicted molar refractivity (Wildman–Crippen MR) is 122 cm³/mol. The SMILES string of the molecule is C.C.CC.CC.CC(=NCN=C(C)c1ccccc1O)c1ccccc1O.[Pt]. The molecular formula is C23H38N2O2Pt. The van der Waals surface area contributed by atoms with E-state index in [4.69, 9.17) is 0 Å². The van der Waals surface area contributed by atoms with Crippen molar-refractivity contribution in [3.05, 3.63) is 59.7 Å². The molecule has 2 rings (SSSR count). The van der Waals surface area contributed by atoms with E-state index in [1.54, 1.807) is 24.3 Å². The summed E-state index contributed by atoms with van der Waals surface area (Å²) < 4.78 is 0. The molecule has 0 bridgehead atoms. The zero-order valence-electron chi connectivity index (χ0n) is 16.4. The van der Waals surface area contributed by atoms with Gasteiger partial charge in [-0.05, 0) is 38.1 Å². The largest absolute Gasteiger partial charge is 0.507 e. The molecule has 162 valence electrons. The molecule has 0 saturated heterocycles. The van der Waals surface area contributed by atoms with Crippen LogP contribution in [0.4, 0.5) is 0 Å². The minimum atomic E-state index is 0. The van der Waals surface area contributed by atoms with Gasteiger partial charge < -0.3 is 10.2 Å². The second-order valence-electron chi connectivity index (χ2n) is 4.66. The molecule has 0 aliphatic heterocycles. The van der Waals surface area contributed by atoms with Crippen molar-refractivity contribution in [2.24, 2.45) is 9.98 Å². The van der Waals surface area contributed by atoms with Crippen molar-refractivity contribution in [3.63, 3.8) is 0 Å². The number of aromatic hydroxyl groups is 2. The normalized spacial score (nSPS) is 9.79. The second kappa shape index (κ2) is 19.8. The Kier molecular flexibility index (Phi) is 23.8. The monoisotopic (exact) mass is 569 g/mol. The van der Waals surface area contributed by atoms with Crippen LogP contribution in [0.2, 0.25) is 0 Å². The van der Waals surface area contributed by atoms with Gasteiger partial charge >= 0.3 is 0 Å². The van der Waals surface area contributed by atoms with Gasteiger partial charge in [0.2, 0.25) is 0 Å². The predicted octanol–water partition coefficient (Wildman–Crippen LogP) is 6.70. The molecule has 0 amide bonds. The Hall–Kier alpha value is -1.93. The van der Waals surface area contributed by atoms with Crippen LogP contribution in [0.3, 0.4) is 0 Å². The molecule has 0 atom stereocenters. The summed E-state index contributed by atoms with van der Waals surface area (Å²) >= 11 is 0. The molecule has 2 N–H and O–H groups in total. The summed E-state index contributed by atoms with van der Waals surface area (Å²) in [4.78, 5) is 8.68. The van der Waals surface area contributed by atoms with Crippen molar-refractivity contribution in [3.8, 4) is 11.5 Å². The average molecular weight is 570 g/mol. The third kappa shape index (κ3) is 11.0. The Morgan fingerprint density at radius 1 is 0.679 bits per heavy atom. The van der Waals surface area contributed by atoms with Crippen LogP contribution in [0.15, 0.2) is 58.5 Å². The van der Waals surface area contributed by atoms with Gasteiger partial charge in [-0.3, -0.25) is 9.98 Å². The van der Waals surface area contributed by atoms with Crippen molar-refractivity contribution >= 4 is 11.4 Å². The number of hydrogen-bond donors (Lipinski definition) is 2. The Balaban J connectivity index is -0.000000386. The fourth-order valence-electron chi connectivity index (χ4n) is 1.98.